The number of esters is 2. The van der Waals surface area contributed by atoms with E-state index < -0.39 is 47.3 Å². The van der Waals surface area contributed by atoms with Gasteiger partial charge in [-0.15, -0.1) is 0 Å². The van der Waals surface area contributed by atoms with Crippen LogP contribution in [0.25, 0.3) is 0 Å². The quantitative estimate of drug-likeness (QED) is 0.211. The van der Waals surface area contributed by atoms with Gasteiger partial charge < -0.3 is 30.2 Å². The Bertz CT molecular complexity index is 1550. The molecule has 3 N–H and O–H groups in total. The lowest BCUT2D eigenvalue weighted by atomic mass is 10.0. The number of anilines is 1. The number of benzene rings is 3. The van der Waals surface area contributed by atoms with Crippen molar-refractivity contribution in [3.05, 3.63) is 95.6 Å². The van der Waals surface area contributed by atoms with E-state index in [0.717, 1.165) is 11.1 Å². The minimum absolute atomic E-state index is 0.0423. The molecular weight excluding hydrogens is 566 g/mol. The molecule has 0 aliphatic carbocycles. The lowest BCUT2D eigenvalue weighted by Crippen LogP contribution is -2.62. The molecule has 0 radical (unpaired) electrons. The zero-order valence-corrected chi connectivity index (χ0v) is 24.7. The second kappa shape index (κ2) is 14.3. The Morgan fingerprint density at radius 2 is 1.57 bits per heavy atom. The standard InChI is InChI=1S/C33H35N3O8/c1-21-14-16-27-26(18-21)36-32(41)33(3,44-27)31(40)34-22(2)29(38)35-25(30(39)43-20-24-12-8-5-9-13-24)15-17-28(37)42-19-23-10-6-4-7-11-23/h4-14,16,18,22,25H,15,17,19-20H2,1-3H3,(H,34,40)(H,35,38)(H,36,41)/t22-,25-,33?/m0/s1/i/hD. The van der Waals surface area contributed by atoms with Crippen molar-refractivity contribution in [3.8, 4) is 5.75 Å². The SMILES string of the molecule is [2H]N(C(=O)C1(C)Oc2ccc(C)cc2NC1=O)[C@@H](C)C(=O)N[C@@H](CCC(=O)OCc1ccccc1)C(=O)OCc1ccccc1. The van der Waals surface area contributed by atoms with Gasteiger partial charge in [0.2, 0.25) is 5.91 Å². The van der Waals surface area contributed by atoms with Gasteiger partial charge in [0.15, 0.2) is 1.41 Å². The summed E-state index contributed by atoms with van der Waals surface area (Å²) in [6.45, 7) is 4.28. The minimum atomic E-state index is -2.13. The van der Waals surface area contributed by atoms with Crippen molar-refractivity contribution in [1.82, 2.24) is 10.6 Å². The summed E-state index contributed by atoms with van der Waals surface area (Å²) in [5.74, 6) is -3.95. The van der Waals surface area contributed by atoms with E-state index in [1.165, 1.54) is 13.8 Å². The Hall–Kier alpha value is -5.19. The summed E-state index contributed by atoms with van der Waals surface area (Å²) in [7, 11) is 0. The molecule has 11 heteroatoms. The largest absolute Gasteiger partial charge is 0.466 e. The number of carbonyl (C=O) groups is 5. The van der Waals surface area contributed by atoms with Gasteiger partial charge >= 0.3 is 11.9 Å². The Morgan fingerprint density at radius 3 is 2.20 bits per heavy atom. The molecule has 44 heavy (non-hydrogen) atoms. The summed E-state index contributed by atoms with van der Waals surface area (Å²) < 4.78 is 24.8. The zero-order chi connectivity index (χ0) is 32.6. The lowest BCUT2D eigenvalue weighted by Gasteiger charge is -2.34. The van der Waals surface area contributed by atoms with Crippen LogP contribution in [-0.2, 0) is 46.7 Å². The topological polar surface area (TPSA) is 149 Å². The number of hydrogen-bond donors (Lipinski definition) is 3. The minimum Gasteiger partial charge on any atom is -0.466 e. The van der Waals surface area contributed by atoms with Gasteiger partial charge in [-0.25, -0.2) is 4.79 Å². The molecule has 1 aliphatic rings. The fourth-order valence-electron chi connectivity index (χ4n) is 4.28. The molecule has 230 valence electrons. The molecule has 3 amide bonds. The molecule has 11 nitrogen and oxygen atoms in total. The maximum Gasteiger partial charge on any atom is 0.328 e. The maximum absolute atomic E-state index is 13.4. The molecule has 0 fully saturated rings. The highest BCUT2D eigenvalue weighted by Crippen LogP contribution is 2.34. The summed E-state index contributed by atoms with van der Waals surface area (Å²) in [5, 5.41) is 5.44. The summed E-state index contributed by atoms with van der Waals surface area (Å²) in [5.41, 5.74) is 0.614. The molecule has 1 heterocycles. The van der Waals surface area contributed by atoms with Crippen molar-refractivity contribution in [3.63, 3.8) is 0 Å². The van der Waals surface area contributed by atoms with Gasteiger partial charge in [-0.2, -0.15) is 0 Å². The average molecular weight is 603 g/mol. The van der Waals surface area contributed by atoms with Crippen molar-refractivity contribution in [1.29, 1.82) is 0 Å². The number of carbonyl (C=O) groups excluding carboxylic acids is 5. The highest BCUT2D eigenvalue weighted by molar-refractivity contribution is 6.16. The first kappa shape index (κ1) is 30.3. The van der Waals surface area contributed by atoms with Crippen LogP contribution >= 0.6 is 0 Å². The third-order valence-corrected chi connectivity index (χ3v) is 6.93. The summed E-state index contributed by atoms with van der Waals surface area (Å²) in [4.78, 5) is 65.0. The van der Waals surface area contributed by atoms with Crippen LogP contribution in [-0.4, -0.2) is 47.3 Å². The van der Waals surface area contributed by atoms with E-state index in [-0.39, 0.29) is 31.8 Å². The van der Waals surface area contributed by atoms with Crippen molar-refractivity contribution in [2.45, 2.75) is 64.5 Å². The number of fused-ring (bicyclic) bond motifs is 1. The number of ether oxygens (including phenoxy) is 3. The van der Waals surface area contributed by atoms with Crippen LogP contribution < -0.4 is 20.7 Å². The van der Waals surface area contributed by atoms with E-state index >= 15 is 0 Å². The van der Waals surface area contributed by atoms with E-state index in [9.17, 15) is 24.0 Å². The normalized spacial score (nSPS) is 17.0. The fraction of sp³-hybridized carbons (Fsp3) is 0.303. The van der Waals surface area contributed by atoms with Gasteiger partial charge in [-0.3, -0.25) is 19.2 Å². The summed E-state index contributed by atoms with van der Waals surface area (Å²) in [6, 6.07) is 20.2. The van der Waals surface area contributed by atoms with Crippen LogP contribution in [0, 0.1) is 6.92 Å². The Kier molecular flexibility index (Phi) is 9.85. The van der Waals surface area contributed by atoms with Crippen LogP contribution in [0.15, 0.2) is 78.9 Å². The Balaban J connectivity index is 1.41. The van der Waals surface area contributed by atoms with Crippen LogP contribution in [0.1, 0.15) is 43.4 Å². The van der Waals surface area contributed by atoms with Gasteiger partial charge in [0, 0.05) is 6.42 Å². The van der Waals surface area contributed by atoms with Crippen molar-refractivity contribution in [2.75, 3.05) is 5.32 Å². The molecular formula is C33H35N3O8. The third kappa shape index (κ3) is 8.21. The first-order valence-electron chi connectivity index (χ1n) is 14.6. The molecule has 1 unspecified atom stereocenters. The molecule has 0 bridgehead atoms. The maximum atomic E-state index is 13.4. The molecule has 3 aromatic carbocycles. The molecule has 3 atom stereocenters. The van der Waals surface area contributed by atoms with E-state index in [2.05, 4.69) is 10.6 Å². The average Bonchev–Trinajstić information content (AvgIpc) is 3.05. The summed E-state index contributed by atoms with van der Waals surface area (Å²) in [6.07, 6.45) is -0.383. The van der Waals surface area contributed by atoms with Crippen molar-refractivity contribution in [2.24, 2.45) is 0 Å². The van der Waals surface area contributed by atoms with Crippen LogP contribution in [0.3, 0.4) is 0 Å². The van der Waals surface area contributed by atoms with E-state index in [4.69, 9.17) is 15.6 Å². The number of aryl methyl sites for hydroxylation is 1. The number of nitrogens with one attached hydrogen (secondary N) is 3. The molecule has 4 rings (SSSR count). The molecule has 0 spiro atoms. The lowest BCUT2D eigenvalue weighted by molar-refractivity contribution is -0.150. The zero-order valence-electron chi connectivity index (χ0n) is 25.7. The highest BCUT2D eigenvalue weighted by Gasteiger charge is 2.48. The van der Waals surface area contributed by atoms with E-state index in [1.807, 2.05) is 31.2 Å². The fourth-order valence-corrected chi connectivity index (χ4v) is 4.28. The second-order valence-corrected chi connectivity index (χ2v) is 10.5. The molecule has 1 aliphatic heterocycles. The Morgan fingerprint density at radius 1 is 0.955 bits per heavy atom. The van der Waals surface area contributed by atoms with Gasteiger partial charge in [0.1, 0.15) is 31.0 Å². The van der Waals surface area contributed by atoms with Gasteiger partial charge in [-0.05, 0) is 56.0 Å². The molecule has 3 aromatic rings. The van der Waals surface area contributed by atoms with Crippen LogP contribution in [0.4, 0.5) is 5.69 Å². The van der Waals surface area contributed by atoms with Crippen molar-refractivity contribution < 1.29 is 39.6 Å². The van der Waals surface area contributed by atoms with Crippen LogP contribution in [0.2, 0.25) is 1.41 Å². The second-order valence-electron chi connectivity index (χ2n) is 10.5. The number of rotatable bonds is 12. The molecule has 0 aromatic heterocycles. The van der Waals surface area contributed by atoms with Crippen LogP contribution in [0.5, 0.6) is 5.75 Å². The Labute approximate surface area is 256 Å². The number of amides is 3. The predicted octanol–water partition coefficient (Wildman–Crippen LogP) is 3.34. The first-order chi connectivity index (χ1) is 21.5. The highest BCUT2D eigenvalue weighted by atomic mass is 16.5. The van der Waals surface area contributed by atoms with Gasteiger partial charge in [-0.1, -0.05) is 66.7 Å². The van der Waals surface area contributed by atoms with Crippen molar-refractivity contribution >= 4 is 35.3 Å². The number of hydrogen-bond acceptors (Lipinski definition) is 8. The van der Waals surface area contributed by atoms with E-state index in [0.29, 0.717) is 16.6 Å². The third-order valence-electron chi connectivity index (χ3n) is 6.93. The monoisotopic (exact) mass is 602 g/mol. The molecule has 0 saturated heterocycles. The first-order valence-corrected chi connectivity index (χ1v) is 14.1. The predicted molar refractivity (Wildman–Crippen MR) is 160 cm³/mol. The van der Waals surface area contributed by atoms with Gasteiger partial charge in [0.25, 0.3) is 17.4 Å². The van der Waals surface area contributed by atoms with Gasteiger partial charge in [0.05, 0.1) is 5.69 Å². The smallest absolute Gasteiger partial charge is 0.328 e. The summed E-state index contributed by atoms with van der Waals surface area (Å²) >= 11 is 0. The van der Waals surface area contributed by atoms with E-state index in [1.54, 1.807) is 54.6 Å². The molecule has 0 saturated carbocycles.